The van der Waals surface area contributed by atoms with Gasteiger partial charge in [-0.3, -0.25) is 4.98 Å². The highest BCUT2D eigenvalue weighted by molar-refractivity contribution is 6.36. The monoisotopic (exact) mass is 460 g/mol. The summed E-state index contributed by atoms with van der Waals surface area (Å²) in [5, 5.41) is 0.266. The summed E-state index contributed by atoms with van der Waals surface area (Å²) >= 11 is 12.4. The molecular weight excluding hydrogens is 442 g/mol. The van der Waals surface area contributed by atoms with E-state index in [4.69, 9.17) is 37.5 Å². The topological polar surface area (TPSA) is 45.5 Å². The number of methoxy groups -OCH3 is 2. The standard InChI is InChI=1S/C23H19Cl2FN2O3/c1-13(21-15(24)7-8-16(26)23(21)25)31-28-10-9-17-18(28)11-14(12-27-17)22-19(29-2)5-4-6-20(22)30-3/h4-13H,1-3H3. The van der Waals surface area contributed by atoms with Crippen LogP contribution in [0, 0.1) is 5.82 Å². The molecule has 0 bridgehead atoms. The number of aromatic nitrogens is 2. The Morgan fingerprint density at radius 1 is 1.03 bits per heavy atom. The highest BCUT2D eigenvalue weighted by Gasteiger charge is 2.20. The first kappa shape index (κ1) is 21.3. The van der Waals surface area contributed by atoms with Crippen molar-refractivity contribution in [2.75, 3.05) is 14.2 Å². The van der Waals surface area contributed by atoms with Crippen molar-refractivity contribution in [3.63, 3.8) is 0 Å². The van der Waals surface area contributed by atoms with Crippen molar-refractivity contribution in [1.82, 2.24) is 9.71 Å². The number of rotatable bonds is 6. The molecule has 1 unspecified atom stereocenters. The molecule has 4 aromatic rings. The molecule has 0 aliphatic carbocycles. The minimum atomic E-state index is -0.615. The van der Waals surface area contributed by atoms with Crippen molar-refractivity contribution in [3.8, 4) is 22.6 Å². The van der Waals surface area contributed by atoms with Crippen LogP contribution in [0.1, 0.15) is 18.6 Å². The Morgan fingerprint density at radius 2 is 1.74 bits per heavy atom. The van der Waals surface area contributed by atoms with E-state index in [9.17, 15) is 4.39 Å². The summed E-state index contributed by atoms with van der Waals surface area (Å²) in [6.07, 6.45) is 2.87. The lowest BCUT2D eigenvalue weighted by Crippen LogP contribution is -2.16. The highest BCUT2D eigenvalue weighted by atomic mass is 35.5. The van der Waals surface area contributed by atoms with Gasteiger partial charge in [0.05, 0.1) is 30.3 Å². The molecule has 0 amide bonds. The molecule has 2 heterocycles. The third kappa shape index (κ3) is 3.89. The van der Waals surface area contributed by atoms with Crippen LogP contribution in [0.2, 0.25) is 10.0 Å². The van der Waals surface area contributed by atoms with Crippen LogP contribution in [-0.2, 0) is 0 Å². The normalized spacial score (nSPS) is 12.1. The van der Waals surface area contributed by atoms with E-state index >= 15 is 0 Å². The predicted molar refractivity (Wildman–Crippen MR) is 120 cm³/mol. The Bertz CT molecular complexity index is 1240. The van der Waals surface area contributed by atoms with Gasteiger partial charge in [-0.05, 0) is 43.3 Å². The van der Waals surface area contributed by atoms with Crippen molar-refractivity contribution in [1.29, 1.82) is 0 Å². The van der Waals surface area contributed by atoms with E-state index in [0.717, 1.165) is 16.6 Å². The van der Waals surface area contributed by atoms with Crippen LogP contribution in [-0.4, -0.2) is 23.9 Å². The fraction of sp³-hybridized carbons (Fsp3) is 0.174. The van der Waals surface area contributed by atoms with Gasteiger partial charge in [0, 0.05) is 28.5 Å². The Labute approximate surface area is 188 Å². The third-order valence-corrected chi connectivity index (χ3v) is 5.69. The Morgan fingerprint density at radius 3 is 2.42 bits per heavy atom. The lowest BCUT2D eigenvalue weighted by molar-refractivity contribution is 0.0562. The molecule has 2 aromatic heterocycles. The lowest BCUT2D eigenvalue weighted by Gasteiger charge is -2.19. The molecule has 4 rings (SSSR count). The predicted octanol–water partition coefficient (Wildman–Crippen LogP) is 6.36. The third-order valence-electron chi connectivity index (χ3n) is 4.98. The van der Waals surface area contributed by atoms with Gasteiger partial charge in [-0.15, -0.1) is 0 Å². The van der Waals surface area contributed by atoms with Gasteiger partial charge in [0.25, 0.3) is 0 Å². The number of halogens is 3. The molecule has 0 aliphatic heterocycles. The van der Waals surface area contributed by atoms with Crippen LogP contribution < -0.4 is 14.3 Å². The van der Waals surface area contributed by atoms with Crippen molar-refractivity contribution in [2.45, 2.75) is 13.0 Å². The molecule has 0 saturated carbocycles. The maximum absolute atomic E-state index is 13.9. The van der Waals surface area contributed by atoms with E-state index in [-0.39, 0.29) is 5.02 Å². The first-order valence-electron chi connectivity index (χ1n) is 9.43. The molecule has 0 radical (unpaired) electrons. The van der Waals surface area contributed by atoms with E-state index in [1.807, 2.05) is 30.3 Å². The van der Waals surface area contributed by atoms with Crippen LogP contribution in [0.25, 0.3) is 22.2 Å². The second-order valence-electron chi connectivity index (χ2n) is 6.81. The van der Waals surface area contributed by atoms with Crippen molar-refractivity contribution in [3.05, 3.63) is 76.3 Å². The van der Waals surface area contributed by atoms with E-state index < -0.39 is 11.9 Å². The van der Waals surface area contributed by atoms with Crippen molar-refractivity contribution >= 4 is 34.2 Å². The summed E-state index contributed by atoms with van der Waals surface area (Å²) in [4.78, 5) is 10.6. The zero-order valence-corrected chi connectivity index (χ0v) is 18.5. The Hall–Kier alpha value is -2.96. The molecule has 0 saturated heterocycles. The summed E-state index contributed by atoms with van der Waals surface area (Å²) in [7, 11) is 3.20. The fourth-order valence-corrected chi connectivity index (χ4v) is 4.17. The van der Waals surface area contributed by atoms with Crippen LogP contribution >= 0.6 is 23.2 Å². The fourth-order valence-electron chi connectivity index (χ4n) is 3.49. The highest BCUT2D eigenvalue weighted by Crippen LogP contribution is 2.39. The minimum absolute atomic E-state index is 0.0611. The maximum atomic E-state index is 13.9. The molecule has 160 valence electrons. The molecule has 0 aliphatic rings. The molecule has 1 atom stereocenters. The summed E-state index contributed by atoms with van der Waals surface area (Å²) in [6.45, 7) is 1.75. The molecule has 2 aromatic carbocycles. The van der Waals surface area contributed by atoms with Crippen molar-refractivity contribution in [2.24, 2.45) is 0 Å². The van der Waals surface area contributed by atoms with Gasteiger partial charge in [0.2, 0.25) is 0 Å². The summed E-state index contributed by atoms with van der Waals surface area (Å²) in [5.41, 5.74) is 3.38. The number of hydrogen-bond donors (Lipinski definition) is 0. The summed E-state index contributed by atoms with van der Waals surface area (Å²) < 4.78 is 26.5. The molecule has 8 heteroatoms. The average molecular weight is 461 g/mol. The largest absolute Gasteiger partial charge is 0.496 e. The second-order valence-corrected chi connectivity index (χ2v) is 7.60. The van der Waals surface area contributed by atoms with E-state index in [1.165, 1.54) is 12.1 Å². The SMILES string of the molecule is COc1cccc(OC)c1-c1cnc2ccn(OC(C)c3c(Cl)ccc(F)c3Cl)c2c1. The van der Waals surface area contributed by atoms with Crippen LogP contribution in [0.5, 0.6) is 11.5 Å². The molecule has 31 heavy (non-hydrogen) atoms. The number of benzene rings is 2. The smallest absolute Gasteiger partial charge is 0.150 e. The van der Waals surface area contributed by atoms with Gasteiger partial charge in [-0.1, -0.05) is 29.3 Å². The van der Waals surface area contributed by atoms with Crippen LogP contribution in [0.15, 0.2) is 54.9 Å². The number of hydrogen-bond acceptors (Lipinski definition) is 4. The Balaban J connectivity index is 1.77. The first-order chi connectivity index (χ1) is 14.9. The molecular formula is C23H19Cl2FN2O3. The van der Waals surface area contributed by atoms with Gasteiger partial charge >= 0.3 is 0 Å². The lowest BCUT2D eigenvalue weighted by atomic mass is 10.0. The van der Waals surface area contributed by atoms with Gasteiger partial charge in [-0.2, -0.15) is 4.73 Å². The van der Waals surface area contributed by atoms with Gasteiger partial charge in [0.15, 0.2) is 6.10 Å². The molecule has 0 spiro atoms. The zero-order valence-electron chi connectivity index (χ0n) is 17.0. The number of ether oxygens (including phenoxy) is 2. The molecule has 5 nitrogen and oxygen atoms in total. The van der Waals surface area contributed by atoms with Crippen LogP contribution in [0.3, 0.4) is 0 Å². The summed E-state index contributed by atoms with van der Waals surface area (Å²) in [5.74, 6) is 0.763. The second kappa shape index (κ2) is 8.65. The van der Waals surface area contributed by atoms with Gasteiger partial charge in [-0.25, -0.2) is 4.39 Å². The number of fused-ring (bicyclic) bond motifs is 1. The summed E-state index contributed by atoms with van der Waals surface area (Å²) in [6, 6.07) is 12.0. The first-order valence-corrected chi connectivity index (χ1v) is 10.2. The maximum Gasteiger partial charge on any atom is 0.150 e. The molecule has 0 N–H and O–H groups in total. The van der Waals surface area contributed by atoms with Crippen molar-refractivity contribution < 1.29 is 18.7 Å². The van der Waals surface area contributed by atoms with E-state index in [2.05, 4.69) is 4.98 Å². The molecule has 0 fully saturated rings. The van der Waals surface area contributed by atoms with Gasteiger partial charge in [0.1, 0.15) is 22.8 Å². The average Bonchev–Trinajstić information content (AvgIpc) is 3.17. The van der Waals surface area contributed by atoms with E-state index in [1.54, 1.807) is 38.3 Å². The quantitative estimate of drug-likeness (QED) is 0.314. The minimum Gasteiger partial charge on any atom is -0.496 e. The van der Waals surface area contributed by atoms with E-state index in [0.29, 0.717) is 27.6 Å². The number of nitrogens with zero attached hydrogens (tertiary/aromatic N) is 2. The zero-order chi connectivity index (χ0) is 22.1. The number of pyridine rings is 1. The van der Waals surface area contributed by atoms with Gasteiger partial charge < -0.3 is 14.3 Å². The van der Waals surface area contributed by atoms with Crippen LogP contribution in [0.4, 0.5) is 4.39 Å². The Kier molecular flexibility index (Phi) is 5.94.